The molecular formula is C43H40IrN4OSi-2. The number of para-hydroxylation sites is 3. The molecule has 4 heterocycles. The summed E-state index contributed by atoms with van der Waals surface area (Å²) in [6, 6.07) is 40.2. The molecule has 0 aliphatic carbocycles. The Morgan fingerprint density at radius 1 is 0.840 bits per heavy atom. The van der Waals surface area contributed by atoms with Crippen LogP contribution in [0.4, 0.5) is 0 Å². The normalized spacial score (nSPS) is 11.5. The maximum absolute atomic E-state index is 5.93. The van der Waals surface area contributed by atoms with Gasteiger partial charge in [-0.25, -0.2) is 0 Å². The Bertz CT molecular complexity index is 2390. The maximum atomic E-state index is 5.93. The van der Waals surface area contributed by atoms with Gasteiger partial charge in [0, 0.05) is 37.4 Å². The summed E-state index contributed by atoms with van der Waals surface area (Å²) in [6.07, 6.45) is 6.39. The predicted molar refractivity (Wildman–Crippen MR) is 205 cm³/mol. The van der Waals surface area contributed by atoms with Crippen LogP contribution in [0.1, 0.15) is 25.0 Å². The average Bonchev–Trinajstić information content (AvgIpc) is 3.68. The van der Waals surface area contributed by atoms with Crippen LogP contribution in [0.2, 0.25) is 19.6 Å². The summed E-state index contributed by atoms with van der Waals surface area (Å²) < 4.78 is 8.08. The fourth-order valence-electron chi connectivity index (χ4n) is 6.48. The molecule has 0 aliphatic rings. The van der Waals surface area contributed by atoms with E-state index in [2.05, 4.69) is 116 Å². The van der Waals surface area contributed by atoms with Gasteiger partial charge in [-0.2, -0.15) is 0 Å². The molecule has 1 radical (unpaired) electrons. The molecule has 0 spiro atoms. The number of aromatic nitrogens is 4. The van der Waals surface area contributed by atoms with Gasteiger partial charge in [-0.05, 0) is 77.6 Å². The molecular weight excluding hydrogens is 809 g/mol. The molecule has 4 aromatic heterocycles. The largest absolute Gasteiger partial charge is 0.483 e. The first-order chi connectivity index (χ1) is 23.7. The van der Waals surface area contributed by atoms with Gasteiger partial charge in [0.1, 0.15) is 11.3 Å². The fourth-order valence-corrected chi connectivity index (χ4v) is 8.07. The molecule has 0 aliphatic heterocycles. The number of fused-ring (bicyclic) bond motifs is 4. The van der Waals surface area contributed by atoms with Crippen molar-refractivity contribution in [3.8, 4) is 28.3 Å². The van der Waals surface area contributed by atoms with E-state index in [4.69, 9.17) is 9.40 Å². The Morgan fingerprint density at radius 2 is 1.60 bits per heavy atom. The van der Waals surface area contributed by atoms with Gasteiger partial charge in [0.05, 0.1) is 24.9 Å². The third kappa shape index (κ3) is 7.13. The third-order valence-electron chi connectivity index (χ3n) is 8.73. The van der Waals surface area contributed by atoms with Gasteiger partial charge in [0.2, 0.25) is 0 Å². The average molecular weight is 849 g/mol. The summed E-state index contributed by atoms with van der Waals surface area (Å²) in [7, 11) is -1.34. The van der Waals surface area contributed by atoms with Gasteiger partial charge in [0.25, 0.3) is 0 Å². The molecule has 0 saturated carbocycles. The van der Waals surface area contributed by atoms with E-state index in [-0.39, 0.29) is 20.1 Å². The van der Waals surface area contributed by atoms with Crippen LogP contribution in [-0.4, -0.2) is 27.6 Å². The van der Waals surface area contributed by atoms with Crippen LogP contribution in [0, 0.1) is 25.1 Å². The minimum atomic E-state index is -1.34. The van der Waals surface area contributed by atoms with Crippen molar-refractivity contribution < 1.29 is 24.5 Å². The van der Waals surface area contributed by atoms with E-state index in [0.29, 0.717) is 11.6 Å². The quantitative estimate of drug-likeness (QED) is 0.124. The standard InChI is InChI=1S/C25H16N3O.C18H24NSi.Ir/c1-16-8-7-13-22-23(16)19-14-17(15-26-25(19)29-22)24-27-20-11-5-6-12-21(20)28(24)18-9-3-2-4-10-18;1-14(2)11-16-12-17(15-9-7-6-8-10-15)19-13-18(16)20(3,4)5;/h2-14H,1H3;6-9,12-14H,11H2,1-5H3;/q2*-1;. The number of aryl methyl sites for hydroxylation is 1. The molecule has 0 saturated heterocycles. The fraction of sp³-hybridized carbons (Fsp3) is 0.186. The second kappa shape index (κ2) is 14.7. The van der Waals surface area contributed by atoms with Crippen LogP contribution < -0.4 is 5.19 Å². The number of imidazole rings is 1. The summed E-state index contributed by atoms with van der Waals surface area (Å²) in [5, 5.41) is 3.57. The zero-order valence-electron chi connectivity index (χ0n) is 29.3. The van der Waals surface area contributed by atoms with Gasteiger partial charge in [-0.15, -0.1) is 42.0 Å². The Kier molecular flexibility index (Phi) is 10.3. The Hall–Kier alpha value is -4.68. The van der Waals surface area contributed by atoms with Gasteiger partial charge in [-0.3, -0.25) is 4.98 Å². The van der Waals surface area contributed by atoms with E-state index in [1.807, 2.05) is 66.7 Å². The Morgan fingerprint density at radius 3 is 2.34 bits per heavy atom. The van der Waals surface area contributed by atoms with Crippen molar-refractivity contribution in [2.75, 3.05) is 0 Å². The van der Waals surface area contributed by atoms with Crippen LogP contribution in [0.5, 0.6) is 0 Å². The van der Waals surface area contributed by atoms with E-state index in [9.17, 15) is 0 Å². The predicted octanol–water partition coefficient (Wildman–Crippen LogP) is 10.4. The minimum absolute atomic E-state index is 0. The van der Waals surface area contributed by atoms with Crippen molar-refractivity contribution in [2.45, 2.75) is 46.8 Å². The summed E-state index contributed by atoms with van der Waals surface area (Å²) in [4.78, 5) is 14.1. The molecule has 50 heavy (non-hydrogen) atoms. The molecule has 8 rings (SSSR count). The van der Waals surface area contributed by atoms with Crippen molar-refractivity contribution in [3.63, 3.8) is 0 Å². The van der Waals surface area contributed by atoms with Crippen LogP contribution in [0.25, 0.3) is 61.4 Å². The molecule has 4 aromatic carbocycles. The number of nitrogens with zero attached hydrogens (tertiary/aromatic N) is 4. The molecule has 0 atom stereocenters. The molecule has 0 amide bonds. The number of rotatable bonds is 6. The molecule has 0 N–H and O–H groups in total. The molecule has 0 unspecified atom stereocenters. The van der Waals surface area contributed by atoms with Gasteiger partial charge in [-0.1, -0.05) is 93.1 Å². The summed E-state index contributed by atoms with van der Waals surface area (Å²) in [5.41, 5.74) is 10.1. The summed E-state index contributed by atoms with van der Waals surface area (Å²) in [6.45, 7) is 13.8. The molecule has 0 bridgehead atoms. The Balaban J connectivity index is 0.000000182. The van der Waals surface area contributed by atoms with E-state index in [1.165, 1.54) is 10.8 Å². The van der Waals surface area contributed by atoms with Gasteiger partial charge >= 0.3 is 0 Å². The van der Waals surface area contributed by atoms with Crippen LogP contribution in [0.15, 0.2) is 120 Å². The van der Waals surface area contributed by atoms with E-state index < -0.39 is 8.07 Å². The monoisotopic (exact) mass is 849 g/mol. The van der Waals surface area contributed by atoms with Crippen LogP contribution in [-0.2, 0) is 26.5 Å². The zero-order chi connectivity index (χ0) is 34.1. The topological polar surface area (TPSA) is 56.7 Å². The van der Waals surface area contributed by atoms with Gasteiger partial charge in [0.15, 0.2) is 0 Å². The maximum Gasteiger partial charge on any atom is 0.141 e. The molecule has 7 heteroatoms. The SMILES string of the molecule is CC(C)Cc1cc(-c2[c-]cccc2)ncc1[Si](C)(C)C.Cc1cccc2oc3n[c-]c(-c4nc5ccccc5n4-c4ccccc4)cc3c12.[Ir]. The number of hydrogen-bond donors (Lipinski definition) is 0. The second-order valence-electron chi connectivity index (χ2n) is 14.0. The number of benzene rings is 4. The first kappa shape index (κ1) is 35.2. The van der Waals surface area contributed by atoms with E-state index in [1.54, 1.807) is 0 Å². The number of pyridine rings is 2. The Labute approximate surface area is 308 Å². The summed E-state index contributed by atoms with van der Waals surface area (Å²) >= 11 is 0. The molecule has 8 aromatic rings. The zero-order valence-corrected chi connectivity index (χ0v) is 32.7. The third-order valence-corrected chi connectivity index (χ3v) is 10.8. The van der Waals surface area contributed by atoms with Crippen LogP contribution >= 0.6 is 0 Å². The molecule has 0 fully saturated rings. The first-order valence-electron chi connectivity index (χ1n) is 16.9. The van der Waals surface area contributed by atoms with E-state index in [0.717, 1.165) is 67.7 Å². The molecule has 5 nitrogen and oxygen atoms in total. The second-order valence-corrected chi connectivity index (χ2v) is 19.0. The van der Waals surface area contributed by atoms with Crippen molar-refractivity contribution in [3.05, 3.63) is 139 Å². The van der Waals surface area contributed by atoms with E-state index >= 15 is 0 Å². The first-order valence-corrected chi connectivity index (χ1v) is 20.4. The smallest absolute Gasteiger partial charge is 0.141 e. The van der Waals surface area contributed by atoms with Crippen molar-refractivity contribution in [1.82, 2.24) is 19.5 Å². The molecule has 253 valence electrons. The number of furan rings is 1. The van der Waals surface area contributed by atoms with Crippen molar-refractivity contribution in [2.24, 2.45) is 5.92 Å². The summed E-state index contributed by atoms with van der Waals surface area (Å²) in [5.74, 6) is 1.48. The van der Waals surface area contributed by atoms with Gasteiger partial charge < -0.3 is 19.0 Å². The number of hydrogen-bond acceptors (Lipinski definition) is 4. The van der Waals surface area contributed by atoms with Crippen molar-refractivity contribution >= 4 is 46.4 Å². The minimum Gasteiger partial charge on any atom is -0.483 e. The van der Waals surface area contributed by atoms with Crippen molar-refractivity contribution in [1.29, 1.82) is 0 Å². The van der Waals surface area contributed by atoms with Crippen LogP contribution in [0.3, 0.4) is 0 Å².